The van der Waals surface area contributed by atoms with E-state index >= 15 is 0 Å². The summed E-state index contributed by atoms with van der Waals surface area (Å²) in [6, 6.07) is 17.0. The van der Waals surface area contributed by atoms with Crippen LogP contribution in [0.25, 0.3) is 11.1 Å². The summed E-state index contributed by atoms with van der Waals surface area (Å²) in [5.74, 6) is -1.36. The summed E-state index contributed by atoms with van der Waals surface area (Å²) in [5.41, 5.74) is 2.46. The van der Waals surface area contributed by atoms with Crippen LogP contribution in [0, 0.1) is 0 Å². The molecule has 0 unspecified atom stereocenters. The van der Waals surface area contributed by atoms with Crippen LogP contribution in [0.4, 0.5) is 0 Å². The Morgan fingerprint density at radius 3 is 2.22 bits per heavy atom. The van der Waals surface area contributed by atoms with E-state index in [2.05, 4.69) is 15.5 Å². The van der Waals surface area contributed by atoms with Crippen LogP contribution in [0.1, 0.15) is 42.5 Å². The SMILES string of the molecule is O=C(COC(=O)CNC(=O)c1ccc(-c2ccccc2)cc1)NCC1(N2CCOCC2)CCCCC1. The van der Waals surface area contributed by atoms with Crippen molar-refractivity contribution in [1.29, 1.82) is 0 Å². The van der Waals surface area contributed by atoms with Crippen LogP contribution >= 0.6 is 0 Å². The smallest absolute Gasteiger partial charge is 0.325 e. The van der Waals surface area contributed by atoms with E-state index in [1.807, 2.05) is 42.5 Å². The Labute approximate surface area is 212 Å². The zero-order valence-electron chi connectivity index (χ0n) is 20.7. The fourth-order valence-electron chi connectivity index (χ4n) is 5.06. The van der Waals surface area contributed by atoms with Crippen molar-refractivity contribution in [3.8, 4) is 11.1 Å². The third-order valence-electron chi connectivity index (χ3n) is 7.09. The van der Waals surface area contributed by atoms with Crippen molar-refractivity contribution in [3.63, 3.8) is 0 Å². The number of hydrogen-bond acceptors (Lipinski definition) is 6. The summed E-state index contributed by atoms with van der Waals surface area (Å²) in [6.45, 7) is 3.06. The quantitative estimate of drug-likeness (QED) is 0.522. The van der Waals surface area contributed by atoms with Gasteiger partial charge in [0, 0.05) is 30.7 Å². The van der Waals surface area contributed by atoms with Crippen molar-refractivity contribution in [2.75, 3.05) is 46.0 Å². The van der Waals surface area contributed by atoms with Gasteiger partial charge in [-0.25, -0.2) is 0 Å². The van der Waals surface area contributed by atoms with Crippen LogP contribution in [0.5, 0.6) is 0 Å². The van der Waals surface area contributed by atoms with E-state index in [4.69, 9.17) is 9.47 Å². The van der Waals surface area contributed by atoms with Crippen LogP contribution in [-0.4, -0.2) is 74.2 Å². The topological polar surface area (TPSA) is 97.0 Å². The van der Waals surface area contributed by atoms with Gasteiger partial charge in [0.25, 0.3) is 11.8 Å². The van der Waals surface area contributed by atoms with Crippen molar-refractivity contribution < 1.29 is 23.9 Å². The van der Waals surface area contributed by atoms with Gasteiger partial charge >= 0.3 is 5.97 Å². The van der Waals surface area contributed by atoms with E-state index in [0.29, 0.717) is 12.1 Å². The standard InChI is InChI=1S/C28H35N3O5/c32-25(30-21-28(13-5-2-6-14-28)31-15-17-35-18-16-31)20-36-26(33)19-29-27(34)24-11-9-23(10-12-24)22-7-3-1-4-8-22/h1,3-4,7-12H,2,5-6,13-21H2,(H,29,34)(H,30,32). The predicted molar refractivity (Wildman–Crippen MR) is 136 cm³/mol. The largest absolute Gasteiger partial charge is 0.454 e. The van der Waals surface area contributed by atoms with Gasteiger partial charge in [-0.2, -0.15) is 0 Å². The molecular formula is C28H35N3O5. The third kappa shape index (κ3) is 6.92. The van der Waals surface area contributed by atoms with E-state index in [1.54, 1.807) is 12.1 Å². The molecule has 2 fully saturated rings. The molecular weight excluding hydrogens is 458 g/mol. The lowest BCUT2D eigenvalue weighted by molar-refractivity contribution is -0.147. The Morgan fingerprint density at radius 1 is 0.861 bits per heavy atom. The van der Waals surface area contributed by atoms with E-state index in [9.17, 15) is 14.4 Å². The van der Waals surface area contributed by atoms with Crippen molar-refractivity contribution in [2.45, 2.75) is 37.6 Å². The zero-order chi connectivity index (χ0) is 25.2. The van der Waals surface area contributed by atoms with Gasteiger partial charge in [0.15, 0.2) is 6.61 Å². The Morgan fingerprint density at radius 2 is 1.53 bits per heavy atom. The predicted octanol–water partition coefficient (Wildman–Crippen LogP) is 2.78. The number of amides is 2. The van der Waals surface area contributed by atoms with E-state index in [-0.39, 0.29) is 30.5 Å². The minimum Gasteiger partial charge on any atom is -0.454 e. The molecule has 36 heavy (non-hydrogen) atoms. The van der Waals surface area contributed by atoms with Gasteiger partial charge in [0.05, 0.1) is 13.2 Å². The minimum atomic E-state index is -0.653. The molecule has 2 N–H and O–H groups in total. The molecule has 1 saturated carbocycles. The van der Waals surface area contributed by atoms with Crippen LogP contribution in [0.3, 0.4) is 0 Å². The summed E-state index contributed by atoms with van der Waals surface area (Å²) in [5, 5.41) is 5.52. The maximum Gasteiger partial charge on any atom is 0.325 e. The van der Waals surface area contributed by atoms with E-state index < -0.39 is 5.97 Å². The summed E-state index contributed by atoms with van der Waals surface area (Å²) in [4.78, 5) is 39.3. The number of carbonyl (C=O) groups excluding carboxylic acids is 3. The van der Waals surface area contributed by atoms with Gasteiger partial charge in [0.1, 0.15) is 6.54 Å². The first kappa shape index (κ1) is 25.9. The van der Waals surface area contributed by atoms with Crippen molar-refractivity contribution in [3.05, 3.63) is 60.2 Å². The maximum absolute atomic E-state index is 12.4. The molecule has 2 aromatic carbocycles. The van der Waals surface area contributed by atoms with Crippen molar-refractivity contribution in [2.24, 2.45) is 0 Å². The Kier molecular flexibility index (Phi) is 9.08. The van der Waals surface area contributed by atoms with Crippen LogP contribution in [-0.2, 0) is 19.1 Å². The highest BCUT2D eigenvalue weighted by Crippen LogP contribution is 2.33. The Hall–Kier alpha value is -3.23. The summed E-state index contributed by atoms with van der Waals surface area (Å²) in [7, 11) is 0. The average molecular weight is 494 g/mol. The molecule has 1 heterocycles. The number of benzene rings is 2. The summed E-state index contributed by atoms with van der Waals surface area (Å²) < 4.78 is 10.6. The molecule has 0 radical (unpaired) electrons. The van der Waals surface area contributed by atoms with Gasteiger partial charge in [-0.3, -0.25) is 19.3 Å². The number of esters is 1. The molecule has 8 heteroatoms. The van der Waals surface area contributed by atoms with Crippen LogP contribution in [0.2, 0.25) is 0 Å². The van der Waals surface area contributed by atoms with Crippen LogP contribution in [0.15, 0.2) is 54.6 Å². The number of nitrogens with zero attached hydrogens (tertiary/aromatic N) is 1. The lowest BCUT2D eigenvalue weighted by atomic mass is 9.79. The van der Waals surface area contributed by atoms with E-state index in [1.165, 1.54) is 6.42 Å². The summed E-state index contributed by atoms with van der Waals surface area (Å²) in [6.07, 6.45) is 5.62. The number of ether oxygens (including phenoxy) is 2. The molecule has 2 aliphatic rings. The van der Waals surface area contributed by atoms with Crippen molar-refractivity contribution in [1.82, 2.24) is 15.5 Å². The van der Waals surface area contributed by atoms with Crippen LogP contribution < -0.4 is 10.6 Å². The molecule has 1 aliphatic heterocycles. The number of rotatable bonds is 9. The molecule has 1 saturated heterocycles. The third-order valence-corrected chi connectivity index (χ3v) is 7.09. The number of nitrogens with one attached hydrogen (secondary N) is 2. The number of carbonyl (C=O) groups is 3. The molecule has 0 aromatic heterocycles. The van der Waals surface area contributed by atoms with Gasteiger partial charge in [-0.05, 0) is 36.1 Å². The number of hydrogen-bond donors (Lipinski definition) is 2. The highest BCUT2D eigenvalue weighted by Gasteiger charge is 2.38. The van der Waals surface area contributed by atoms with Gasteiger partial charge in [0.2, 0.25) is 0 Å². The molecule has 0 spiro atoms. The molecule has 1 aliphatic carbocycles. The monoisotopic (exact) mass is 493 g/mol. The second-order valence-corrected chi connectivity index (χ2v) is 9.45. The highest BCUT2D eigenvalue weighted by molar-refractivity contribution is 5.96. The Bertz CT molecular complexity index is 1010. The lowest BCUT2D eigenvalue weighted by Gasteiger charge is -2.48. The van der Waals surface area contributed by atoms with Crippen molar-refractivity contribution >= 4 is 17.8 Å². The fourth-order valence-corrected chi connectivity index (χ4v) is 5.06. The van der Waals surface area contributed by atoms with Gasteiger partial charge in [-0.1, -0.05) is 61.7 Å². The van der Waals surface area contributed by atoms with E-state index in [0.717, 1.165) is 63.1 Å². The molecule has 192 valence electrons. The number of morpholine rings is 1. The molecule has 8 nitrogen and oxygen atoms in total. The fraction of sp³-hybridized carbons (Fsp3) is 0.464. The lowest BCUT2D eigenvalue weighted by Crippen LogP contribution is -2.59. The first-order chi connectivity index (χ1) is 17.6. The molecule has 0 bridgehead atoms. The zero-order valence-corrected chi connectivity index (χ0v) is 20.7. The second kappa shape index (κ2) is 12.6. The average Bonchev–Trinajstić information content (AvgIpc) is 2.95. The maximum atomic E-state index is 12.4. The minimum absolute atomic E-state index is 0.0499. The highest BCUT2D eigenvalue weighted by atomic mass is 16.5. The summed E-state index contributed by atoms with van der Waals surface area (Å²) >= 11 is 0. The van der Waals surface area contributed by atoms with Gasteiger partial charge in [-0.15, -0.1) is 0 Å². The van der Waals surface area contributed by atoms with Gasteiger partial charge < -0.3 is 20.1 Å². The molecule has 2 amide bonds. The first-order valence-corrected chi connectivity index (χ1v) is 12.7. The molecule has 2 aromatic rings. The molecule has 4 rings (SSSR count). The normalized spacial score (nSPS) is 17.7. The molecule has 0 atom stereocenters. The first-order valence-electron chi connectivity index (χ1n) is 12.7. The second-order valence-electron chi connectivity index (χ2n) is 9.45. The Balaban J connectivity index is 1.18.